The van der Waals surface area contributed by atoms with Crippen LogP contribution < -0.4 is 0 Å². The fourth-order valence-electron chi connectivity index (χ4n) is 3.08. The van der Waals surface area contributed by atoms with E-state index in [-0.39, 0.29) is 11.5 Å². The summed E-state index contributed by atoms with van der Waals surface area (Å²) >= 11 is 0. The van der Waals surface area contributed by atoms with Crippen LogP contribution in [0.1, 0.15) is 29.7 Å². The number of rotatable bonds is 3. The van der Waals surface area contributed by atoms with Crippen LogP contribution in [0, 0.1) is 10.1 Å². The Morgan fingerprint density at radius 2 is 2.25 bits per heavy atom. The summed E-state index contributed by atoms with van der Waals surface area (Å²) in [6.45, 7) is 0. The van der Waals surface area contributed by atoms with Crippen LogP contribution in [0.15, 0.2) is 21.8 Å². The van der Waals surface area contributed by atoms with Crippen molar-refractivity contribution < 1.29 is 14.4 Å². The summed E-state index contributed by atoms with van der Waals surface area (Å²) in [5.41, 5.74) is 1.24. The fraction of sp³-hybridized carbons (Fsp3) is 0.267. The summed E-state index contributed by atoms with van der Waals surface area (Å²) < 4.78 is 5.80. The highest BCUT2D eigenvalue weighted by atomic mass is 16.6. The zero-order chi connectivity index (χ0) is 16.7. The third kappa shape index (κ3) is 2.21. The van der Waals surface area contributed by atoms with Crippen molar-refractivity contribution in [1.29, 1.82) is 0 Å². The number of nitrogens with one attached hydrogen (secondary N) is 1. The number of fused-ring (bicyclic) bond motifs is 3. The summed E-state index contributed by atoms with van der Waals surface area (Å²) in [7, 11) is 0. The molecule has 0 amide bonds. The molecule has 0 fully saturated rings. The zero-order valence-corrected chi connectivity index (χ0v) is 12.5. The van der Waals surface area contributed by atoms with Gasteiger partial charge in [0.05, 0.1) is 16.6 Å². The molecule has 1 aliphatic rings. The number of H-pyrrole nitrogens is 1. The Bertz CT molecular complexity index is 958. The number of aromatic hydroxyl groups is 1. The predicted molar refractivity (Wildman–Crippen MR) is 84.8 cm³/mol. The molecule has 4 rings (SSSR count). The van der Waals surface area contributed by atoms with Gasteiger partial charge in [-0.2, -0.15) is 10.1 Å². The molecule has 122 valence electrons. The number of aromatic nitrogens is 3. The maximum Gasteiger partial charge on any atom is 0.315 e. The van der Waals surface area contributed by atoms with Crippen molar-refractivity contribution in [3.05, 3.63) is 39.4 Å². The molecule has 0 unspecified atom stereocenters. The second-order valence-electron chi connectivity index (χ2n) is 5.57. The van der Waals surface area contributed by atoms with Gasteiger partial charge >= 0.3 is 5.69 Å². The van der Waals surface area contributed by atoms with Crippen molar-refractivity contribution in [2.45, 2.75) is 25.7 Å². The van der Waals surface area contributed by atoms with E-state index >= 15 is 0 Å². The standard InChI is InChI=1S/C15H13N5O4/c21-14-9(6-16-15-17-7-18-19-15)13-8-3-1-2-4-11(8)24-12(13)5-10(14)20(22)23/h5-7,21H,1-4H2,(H,17,18,19)/b16-6+. The molecule has 0 bridgehead atoms. The zero-order valence-electron chi connectivity index (χ0n) is 12.5. The van der Waals surface area contributed by atoms with Gasteiger partial charge in [-0.15, -0.1) is 0 Å². The van der Waals surface area contributed by atoms with Gasteiger partial charge in [-0.25, -0.2) is 10.1 Å². The molecular formula is C15H13N5O4. The topological polar surface area (TPSA) is 130 Å². The average molecular weight is 327 g/mol. The normalized spacial score (nSPS) is 14.3. The minimum absolute atomic E-state index is 0.242. The highest BCUT2D eigenvalue weighted by Gasteiger charge is 2.27. The number of aliphatic imine (C=N–C) groups is 1. The fourth-order valence-corrected chi connectivity index (χ4v) is 3.08. The van der Waals surface area contributed by atoms with E-state index in [0.29, 0.717) is 11.0 Å². The van der Waals surface area contributed by atoms with E-state index in [2.05, 4.69) is 20.2 Å². The molecule has 0 saturated heterocycles. The molecule has 0 saturated carbocycles. The van der Waals surface area contributed by atoms with E-state index in [1.165, 1.54) is 18.6 Å². The van der Waals surface area contributed by atoms with E-state index in [0.717, 1.165) is 37.0 Å². The van der Waals surface area contributed by atoms with Crippen LogP contribution in [-0.2, 0) is 12.8 Å². The van der Waals surface area contributed by atoms with Crippen molar-refractivity contribution in [2.24, 2.45) is 4.99 Å². The molecule has 2 N–H and O–H groups in total. The van der Waals surface area contributed by atoms with Gasteiger partial charge in [-0.3, -0.25) is 10.1 Å². The lowest BCUT2D eigenvalue weighted by molar-refractivity contribution is -0.385. The lowest BCUT2D eigenvalue weighted by atomic mass is 9.93. The summed E-state index contributed by atoms with van der Waals surface area (Å²) in [6, 6.07) is 1.27. The van der Waals surface area contributed by atoms with E-state index < -0.39 is 16.4 Å². The smallest absolute Gasteiger partial charge is 0.315 e. The van der Waals surface area contributed by atoms with Gasteiger partial charge in [-0.1, -0.05) is 0 Å². The van der Waals surface area contributed by atoms with Crippen LogP contribution >= 0.6 is 0 Å². The number of hydrogen-bond donors (Lipinski definition) is 2. The number of phenols is 1. The Kier molecular flexibility index (Phi) is 3.26. The molecule has 2 aromatic heterocycles. The Labute approximate surface area is 135 Å². The van der Waals surface area contributed by atoms with Crippen molar-refractivity contribution >= 4 is 28.8 Å². The van der Waals surface area contributed by atoms with Crippen LogP contribution in [0.4, 0.5) is 11.6 Å². The minimum atomic E-state index is -0.637. The number of hydrogen-bond acceptors (Lipinski definition) is 7. The molecule has 9 nitrogen and oxygen atoms in total. The summed E-state index contributed by atoms with van der Waals surface area (Å²) in [5.74, 6) is 0.641. The molecule has 24 heavy (non-hydrogen) atoms. The Morgan fingerprint density at radius 1 is 1.42 bits per heavy atom. The van der Waals surface area contributed by atoms with Crippen LogP contribution in [0.25, 0.3) is 11.0 Å². The number of aromatic amines is 1. The first-order valence-corrected chi connectivity index (χ1v) is 7.49. The molecule has 9 heteroatoms. The minimum Gasteiger partial charge on any atom is -0.502 e. The highest BCUT2D eigenvalue weighted by molar-refractivity contribution is 6.05. The monoisotopic (exact) mass is 327 g/mol. The van der Waals surface area contributed by atoms with Gasteiger partial charge in [0.2, 0.25) is 11.7 Å². The molecule has 0 aliphatic heterocycles. The molecule has 3 aromatic rings. The van der Waals surface area contributed by atoms with E-state index in [4.69, 9.17) is 4.42 Å². The van der Waals surface area contributed by atoms with Crippen LogP contribution in [-0.4, -0.2) is 31.4 Å². The van der Waals surface area contributed by atoms with Gasteiger partial charge in [0, 0.05) is 23.6 Å². The molecule has 1 aliphatic carbocycles. The Morgan fingerprint density at radius 3 is 3.00 bits per heavy atom. The third-order valence-corrected chi connectivity index (χ3v) is 4.15. The summed E-state index contributed by atoms with van der Waals surface area (Å²) in [6.07, 6.45) is 6.28. The molecular weight excluding hydrogens is 314 g/mol. The number of nitro groups is 1. The first-order valence-electron chi connectivity index (χ1n) is 7.49. The molecule has 2 heterocycles. The molecule has 1 aromatic carbocycles. The predicted octanol–water partition coefficient (Wildman–Crippen LogP) is 2.79. The second-order valence-corrected chi connectivity index (χ2v) is 5.57. The highest BCUT2D eigenvalue weighted by Crippen LogP contribution is 2.41. The molecule has 0 radical (unpaired) electrons. The van der Waals surface area contributed by atoms with Crippen molar-refractivity contribution in [3.8, 4) is 5.75 Å². The van der Waals surface area contributed by atoms with Crippen LogP contribution in [0.5, 0.6) is 5.75 Å². The first-order chi connectivity index (χ1) is 11.6. The van der Waals surface area contributed by atoms with E-state index in [1.54, 1.807) is 0 Å². The number of nitro benzene ring substituents is 1. The van der Waals surface area contributed by atoms with Gasteiger partial charge in [0.15, 0.2) is 0 Å². The number of aryl methyl sites for hydroxylation is 2. The van der Waals surface area contributed by atoms with Gasteiger partial charge in [0.25, 0.3) is 0 Å². The van der Waals surface area contributed by atoms with Crippen molar-refractivity contribution in [3.63, 3.8) is 0 Å². The van der Waals surface area contributed by atoms with Gasteiger partial charge in [-0.05, 0) is 19.3 Å². The van der Waals surface area contributed by atoms with Crippen molar-refractivity contribution in [2.75, 3.05) is 0 Å². The van der Waals surface area contributed by atoms with Crippen LogP contribution in [0.3, 0.4) is 0 Å². The quantitative estimate of drug-likeness (QED) is 0.432. The summed E-state index contributed by atoms with van der Waals surface area (Å²) in [4.78, 5) is 18.6. The van der Waals surface area contributed by atoms with Crippen LogP contribution in [0.2, 0.25) is 0 Å². The second kappa shape index (κ2) is 5.44. The number of benzene rings is 1. The van der Waals surface area contributed by atoms with Crippen molar-refractivity contribution in [1.82, 2.24) is 15.2 Å². The number of phenolic OH excluding ortho intramolecular Hbond substituents is 1. The van der Waals surface area contributed by atoms with E-state index in [1.807, 2.05) is 0 Å². The van der Waals surface area contributed by atoms with E-state index in [9.17, 15) is 15.2 Å². The SMILES string of the molecule is O=[N+]([O-])c1cc2oc3c(c2c(/C=N/c2ncn[nH]2)c1O)CCCC3. The maximum atomic E-state index is 11.2. The molecule has 0 spiro atoms. The average Bonchev–Trinajstić information content (AvgIpc) is 3.20. The summed E-state index contributed by atoms with van der Waals surface area (Å²) in [5, 5.41) is 28.5. The maximum absolute atomic E-state index is 11.2. The molecule has 0 atom stereocenters. The number of nitrogens with zero attached hydrogens (tertiary/aromatic N) is 4. The Hall–Kier alpha value is -3.23. The van der Waals surface area contributed by atoms with Gasteiger partial charge in [0.1, 0.15) is 17.7 Å². The first kappa shape index (κ1) is 14.4. The lowest BCUT2D eigenvalue weighted by Gasteiger charge is -2.09. The lowest BCUT2D eigenvalue weighted by Crippen LogP contribution is -2.00. The third-order valence-electron chi connectivity index (χ3n) is 4.15. The largest absolute Gasteiger partial charge is 0.502 e. The number of furan rings is 1. The Balaban J connectivity index is 1.98. The van der Waals surface area contributed by atoms with Gasteiger partial charge < -0.3 is 9.52 Å².